The van der Waals surface area contributed by atoms with E-state index in [-0.39, 0.29) is 38.2 Å². The van der Waals surface area contributed by atoms with Crippen LogP contribution in [0.5, 0.6) is 11.5 Å². The number of nitrogens with zero attached hydrogens (tertiary/aromatic N) is 2. The van der Waals surface area contributed by atoms with E-state index in [1.807, 2.05) is 49.4 Å². The van der Waals surface area contributed by atoms with Crippen molar-refractivity contribution in [1.29, 1.82) is 0 Å². The van der Waals surface area contributed by atoms with E-state index < -0.39 is 0 Å². The Labute approximate surface area is 192 Å². The fourth-order valence-electron chi connectivity index (χ4n) is 3.70. The number of ether oxygens (including phenoxy) is 2. The van der Waals surface area contributed by atoms with Gasteiger partial charge in [-0.05, 0) is 48.4 Å². The molecule has 0 N–H and O–H groups in total. The summed E-state index contributed by atoms with van der Waals surface area (Å²) in [6.45, 7) is 6.61. The van der Waals surface area contributed by atoms with Crippen molar-refractivity contribution < 1.29 is 23.5 Å². The zero-order chi connectivity index (χ0) is 23.2. The molecule has 0 spiro atoms. The van der Waals surface area contributed by atoms with Crippen LogP contribution in [0.3, 0.4) is 0 Å². The smallest absolute Gasteiger partial charge is 0.254 e. The first-order valence-electron chi connectivity index (χ1n) is 10.7. The van der Waals surface area contributed by atoms with E-state index in [9.17, 15) is 9.59 Å². The predicted octanol–water partition coefficient (Wildman–Crippen LogP) is 4.17. The molecule has 7 nitrogen and oxygen atoms in total. The summed E-state index contributed by atoms with van der Waals surface area (Å²) in [5.41, 5.74) is 2.32. The second-order valence-electron chi connectivity index (χ2n) is 7.81. The Morgan fingerprint density at radius 3 is 2.58 bits per heavy atom. The number of carbonyl (C=O) groups is 2. The van der Waals surface area contributed by atoms with Gasteiger partial charge in [0, 0.05) is 18.7 Å². The molecule has 4 rings (SSSR count). The van der Waals surface area contributed by atoms with Gasteiger partial charge in [-0.2, -0.15) is 0 Å². The van der Waals surface area contributed by atoms with E-state index >= 15 is 0 Å². The minimum atomic E-state index is -0.206. The quantitative estimate of drug-likeness (QED) is 0.461. The van der Waals surface area contributed by atoms with E-state index in [2.05, 4.69) is 6.58 Å². The van der Waals surface area contributed by atoms with Gasteiger partial charge in [-0.15, -0.1) is 6.58 Å². The summed E-state index contributed by atoms with van der Waals surface area (Å²) in [7, 11) is 0. The lowest BCUT2D eigenvalue weighted by molar-refractivity contribution is -0.133. The minimum absolute atomic E-state index is 0.0789. The Bertz CT molecular complexity index is 1140. The summed E-state index contributed by atoms with van der Waals surface area (Å²) in [5.74, 6) is 1.59. The SMILES string of the molecule is C=CCN(CC(=O)N(Cc1ccc2c(c1)OCO2)Cc1ccco1)C(=O)c1ccccc1C. The number of hydrogen-bond acceptors (Lipinski definition) is 5. The normalized spacial score (nSPS) is 11.8. The Morgan fingerprint density at radius 1 is 1.00 bits per heavy atom. The Kier molecular flexibility index (Phi) is 6.78. The second-order valence-corrected chi connectivity index (χ2v) is 7.81. The Morgan fingerprint density at radius 2 is 1.82 bits per heavy atom. The molecule has 1 aromatic heterocycles. The lowest BCUT2D eigenvalue weighted by Crippen LogP contribution is -2.42. The molecule has 0 aliphatic carbocycles. The van der Waals surface area contributed by atoms with Crippen LogP contribution in [0.25, 0.3) is 0 Å². The van der Waals surface area contributed by atoms with Crippen LogP contribution in [-0.2, 0) is 17.9 Å². The van der Waals surface area contributed by atoms with Crippen molar-refractivity contribution in [2.45, 2.75) is 20.0 Å². The molecule has 0 saturated heterocycles. The number of fused-ring (bicyclic) bond motifs is 1. The molecular weight excluding hydrogens is 420 g/mol. The van der Waals surface area contributed by atoms with Crippen molar-refractivity contribution in [3.8, 4) is 11.5 Å². The van der Waals surface area contributed by atoms with Crippen LogP contribution in [0, 0.1) is 6.92 Å². The van der Waals surface area contributed by atoms with Crippen molar-refractivity contribution >= 4 is 11.8 Å². The highest BCUT2D eigenvalue weighted by Gasteiger charge is 2.24. The molecule has 0 saturated carbocycles. The summed E-state index contributed by atoms with van der Waals surface area (Å²) in [4.78, 5) is 29.8. The van der Waals surface area contributed by atoms with E-state index in [4.69, 9.17) is 13.9 Å². The first-order chi connectivity index (χ1) is 16.0. The van der Waals surface area contributed by atoms with Crippen LogP contribution < -0.4 is 9.47 Å². The maximum atomic E-state index is 13.4. The molecule has 33 heavy (non-hydrogen) atoms. The van der Waals surface area contributed by atoms with Gasteiger partial charge in [0.05, 0.1) is 12.8 Å². The predicted molar refractivity (Wildman–Crippen MR) is 123 cm³/mol. The van der Waals surface area contributed by atoms with Crippen LogP contribution >= 0.6 is 0 Å². The molecule has 1 aliphatic rings. The molecule has 0 atom stereocenters. The highest BCUT2D eigenvalue weighted by atomic mass is 16.7. The summed E-state index contributed by atoms with van der Waals surface area (Å²) in [6.07, 6.45) is 3.20. The van der Waals surface area contributed by atoms with Gasteiger partial charge in [0.1, 0.15) is 12.3 Å². The maximum Gasteiger partial charge on any atom is 0.254 e. The van der Waals surface area contributed by atoms with Gasteiger partial charge in [-0.3, -0.25) is 9.59 Å². The molecule has 1 aliphatic heterocycles. The number of amides is 2. The topological polar surface area (TPSA) is 72.2 Å². The third kappa shape index (κ3) is 5.26. The first-order valence-corrected chi connectivity index (χ1v) is 10.7. The van der Waals surface area contributed by atoms with Crippen LogP contribution in [0.4, 0.5) is 0 Å². The molecule has 2 heterocycles. The molecule has 3 aromatic rings. The van der Waals surface area contributed by atoms with Gasteiger partial charge < -0.3 is 23.7 Å². The molecule has 0 fully saturated rings. The average Bonchev–Trinajstić information content (AvgIpc) is 3.50. The standard InChI is InChI=1S/C26H26N2O5/c1-3-12-27(26(30)22-9-5-4-7-19(22)2)17-25(29)28(16-21-8-6-13-31-21)15-20-10-11-23-24(14-20)33-18-32-23/h3-11,13-14H,1,12,15-18H2,2H3. The number of hydrogen-bond donors (Lipinski definition) is 0. The van der Waals surface area contributed by atoms with Crippen LogP contribution in [0.1, 0.15) is 27.2 Å². The third-order valence-electron chi connectivity index (χ3n) is 5.43. The fourth-order valence-corrected chi connectivity index (χ4v) is 3.70. The lowest BCUT2D eigenvalue weighted by atomic mass is 10.1. The van der Waals surface area contributed by atoms with Crippen LogP contribution in [0.15, 0.2) is 77.9 Å². The summed E-state index contributed by atoms with van der Waals surface area (Å²) < 4.78 is 16.3. The van der Waals surface area contributed by atoms with Crippen molar-refractivity contribution in [3.05, 3.63) is 96.0 Å². The van der Waals surface area contributed by atoms with Gasteiger partial charge in [0.25, 0.3) is 5.91 Å². The Hall–Kier alpha value is -4.00. The largest absolute Gasteiger partial charge is 0.467 e. The van der Waals surface area contributed by atoms with Crippen LogP contribution in [-0.4, -0.2) is 41.5 Å². The van der Waals surface area contributed by atoms with Gasteiger partial charge in [-0.1, -0.05) is 30.3 Å². The van der Waals surface area contributed by atoms with Gasteiger partial charge in [0.2, 0.25) is 12.7 Å². The van der Waals surface area contributed by atoms with Gasteiger partial charge >= 0.3 is 0 Å². The van der Waals surface area contributed by atoms with Crippen molar-refractivity contribution in [1.82, 2.24) is 9.80 Å². The Balaban J connectivity index is 1.54. The minimum Gasteiger partial charge on any atom is -0.467 e. The molecule has 170 valence electrons. The van der Waals surface area contributed by atoms with Crippen LogP contribution in [0.2, 0.25) is 0 Å². The molecule has 0 bridgehead atoms. The molecule has 2 aromatic carbocycles. The van der Waals surface area contributed by atoms with E-state index in [1.165, 1.54) is 4.90 Å². The maximum absolute atomic E-state index is 13.4. The van der Waals surface area contributed by atoms with Crippen molar-refractivity contribution in [3.63, 3.8) is 0 Å². The number of carbonyl (C=O) groups excluding carboxylic acids is 2. The van der Waals surface area contributed by atoms with Crippen molar-refractivity contribution in [2.24, 2.45) is 0 Å². The van der Waals surface area contributed by atoms with Gasteiger partial charge in [-0.25, -0.2) is 0 Å². The highest BCUT2D eigenvalue weighted by molar-refractivity contribution is 5.97. The number of aryl methyl sites for hydroxylation is 1. The number of furan rings is 1. The fraction of sp³-hybridized carbons (Fsp3) is 0.231. The highest BCUT2D eigenvalue weighted by Crippen LogP contribution is 2.33. The molecule has 0 radical (unpaired) electrons. The molecule has 0 unspecified atom stereocenters. The third-order valence-corrected chi connectivity index (χ3v) is 5.43. The number of benzene rings is 2. The first kappa shape index (κ1) is 22.2. The van der Waals surface area contributed by atoms with E-state index in [0.717, 1.165) is 11.1 Å². The zero-order valence-corrected chi connectivity index (χ0v) is 18.5. The average molecular weight is 447 g/mol. The summed E-state index contributed by atoms with van der Waals surface area (Å²) >= 11 is 0. The lowest BCUT2D eigenvalue weighted by Gasteiger charge is -2.27. The van der Waals surface area contributed by atoms with E-state index in [1.54, 1.807) is 29.4 Å². The van der Waals surface area contributed by atoms with E-state index in [0.29, 0.717) is 29.4 Å². The second kappa shape index (κ2) is 10.1. The molecule has 2 amide bonds. The number of rotatable bonds is 9. The summed E-state index contributed by atoms with van der Waals surface area (Å²) in [5, 5.41) is 0. The van der Waals surface area contributed by atoms with Gasteiger partial charge in [0.15, 0.2) is 11.5 Å². The van der Waals surface area contributed by atoms with Crippen molar-refractivity contribution in [2.75, 3.05) is 19.9 Å². The monoisotopic (exact) mass is 446 g/mol. The molecule has 7 heteroatoms. The zero-order valence-electron chi connectivity index (χ0n) is 18.5. The summed E-state index contributed by atoms with van der Waals surface area (Å²) in [6, 6.07) is 16.5. The molecular formula is C26H26N2O5.